The average molecular weight is 521 g/mol. The Bertz CT molecular complexity index is 1410. The maximum Gasteiger partial charge on any atom is 0.254 e. The number of nitrogens with one attached hydrogen (secondary N) is 1. The van der Waals surface area contributed by atoms with Crippen molar-refractivity contribution < 1.29 is 21.8 Å². The molecule has 37 heavy (non-hydrogen) atoms. The van der Waals surface area contributed by atoms with Gasteiger partial charge in [-0.25, -0.2) is 4.98 Å². The molecule has 0 aliphatic carbocycles. The highest BCUT2D eigenvalue weighted by Crippen LogP contribution is 2.39. The number of nitrogen functional groups attached to an aromatic ring is 1. The molecule has 0 saturated carbocycles. The van der Waals surface area contributed by atoms with Crippen molar-refractivity contribution in [1.82, 2.24) is 15.2 Å². The Labute approximate surface area is 222 Å². The number of amides is 2. The molecule has 0 radical (unpaired) electrons. The van der Waals surface area contributed by atoms with Crippen LogP contribution in [0.4, 0.5) is 5.82 Å². The lowest BCUT2D eigenvalue weighted by Crippen LogP contribution is -2.40. The molecule has 2 aromatic carbocycles. The van der Waals surface area contributed by atoms with Gasteiger partial charge in [0.05, 0.1) is 24.8 Å². The Morgan fingerprint density at radius 1 is 1.16 bits per heavy atom. The molecule has 1 unspecified atom stereocenters. The van der Waals surface area contributed by atoms with Crippen molar-refractivity contribution in [3.8, 4) is 16.9 Å². The zero-order valence-electron chi connectivity index (χ0n) is 21.9. The van der Waals surface area contributed by atoms with Crippen LogP contribution >= 0.6 is 11.6 Å². The fraction of sp³-hybridized carbons (Fsp3) is 0.250. The normalized spacial score (nSPS) is 19.1. The van der Waals surface area contributed by atoms with E-state index in [0.29, 0.717) is 54.4 Å². The van der Waals surface area contributed by atoms with Gasteiger partial charge in [0.1, 0.15) is 17.7 Å². The molecule has 0 spiro atoms. The number of halogens is 1. The van der Waals surface area contributed by atoms with Crippen LogP contribution in [0.5, 0.6) is 5.75 Å². The first kappa shape index (κ1) is 22.3. The van der Waals surface area contributed by atoms with Gasteiger partial charge < -0.3 is 25.4 Å². The molecular weight excluding hydrogens is 492 g/mol. The monoisotopic (exact) mass is 520 g/mol. The van der Waals surface area contributed by atoms with Crippen molar-refractivity contribution in [2.24, 2.45) is 0 Å². The van der Waals surface area contributed by atoms with Gasteiger partial charge in [0.2, 0.25) is 5.91 Å². The molecule has 1 atom stereocenters. The van der Waals surface area contributed by atoms with E-state index in [1.54, 1.807) is 53.6 Å². The van der Waals surface area contributed by atoms with E-state index in [2.05, 4.69) is 10.3 Å². The first-order chi connectivity index (χ1) is 18.7. The molecule has 0 bridgehead atoms. The number of carbonyl (C=O) groups excluding carboxylic acids is 2. The van der Waals surface area contributed by atoms with Gasteiger partial charge in [-0.05, 0) is 59.2 Å². The number of hydrogen-bond donors (Lipinski definition) is 2. The first-order valence-electron chi connectivity index (χ1n) is 12.9. The van der Waals surface area contributed by atoms with Crippen LogP contribution in [0.25, 0.3) is 17.2 Å². The number of nitrogens with zero attached hydrogens (tertiary/aromatic N) is 2. The van der Waals surface area contributed by atoms with E-state index >= 15 is 0 Å². The summed E-state index contributed by atoms with van der Waals surface area (Å²) in [5.41, 5.74) is 8.63. The summed E-state index contributed by atoms with van der Waals surface area (Å²) in [5.74, 6) is 0.189. The molecule has 5 rings (SSSR count). The fourth-order valence-electron chi connectivity index (χ4n) is 4.12. The highest BCUT2D eigenvalue weighted by Gasteiger charge is 2.26. The minimum atomic E-state index is -1.90. The van der Waals surface area contributed by atoms with Crippen molar-refractivity contribution in [2.45, 2.75) is 12.5 Å². The third-order valence-electron chi connectivity index (χ3n) is 6.08. The van der Waals surface area contributed by atoms with Gasteiger partial charge in [-0.2, -0.15) is 0 Å². The standard InChI is InChI=1S/C28H27ClN4O4/c29-24-15-21(19-3-5-20(6-4-19)28(35)33-9-11-36-12-10-33)13-22-14-23(37-27(22)24)17-32-26(34)8-2-18-1-7-25(30)31-16-18/h1-8,13,15-16,23H,9-12,14,17H2,(H2,30,31)(H,32,34)/b8-2+/i14D2. The van der Waals surface area contributed by atoms with E-state index in [0.717, 1.165) is 5.56 Å². The Morgan fingerprint density at radius 3 is 2.68 bits per heavy atom. The summed E-state index contributed by atoms with van der Waals surface area (Å²) in [4.78, 5) is 30.8. The third kappa shape index (κ3) is 5.93. The largest absolute Gasteiger partial charge is 0.486 e. The predicted octanol–water partition coefficient (Wildman–Crippen LogP) is 3.59. The minimum absolute atomic E-state index is 0.0496. The van der Waals surface area contributed by atoms with Crippen LogP contribution in [0, 0.1) is 0 Å². The van der Waals surface area contributed by atoms with Crippen LogP contribution in [0.1, 0.15) is 24.2 Å². The van der Waals surface area contributed by atoms with Gasteiger partial charge in [0, 0.05) is 45.6 Å². The van der Waals surface area contributed by atoms with Gasteiger partial charge in [-0.3, -0.25) is 9.59 Å². The third-order valence-corrected chi connectivity index (χ3v) is 6.36. The molecule has 9 heteroatoms. The molecule has 1 fully saturated rings. The maximum atomic E-state index is 12.8. The lowest BCUT2D eigenvalue weighted by molar-refractivity contribution is -0.116. The summed E-state index contributed by atoms with van der Waals surface area (Å²) in [7, 11) is 0. The number of ether oxygens (including phenoxy) is 2. The van der Waals surface area contributed by atoms with Crippen LogP contribution in [0.2, 0.25) is 5.02 Å². The number of benzene rings is 2. The van der Waals surface area contributed by atoms with E-state index in [9.17, 15) is 9.59 Å². The summed E-state index contributed by atoms with van der Waals surface area (Å²) >= 11 is 6.51. The highest BCUT2D eigenvalue weighted by molar-refractivity contribution is 6.32. The molecule has 3 heterocycles. The Balaban J connectivity index is 1.27. The van der Waals surface area contributed by atoms with E-state index in [-0.39, 0.29) is 23.2 Å². The molecule has 8 nitrogen and oxygen atoms in total. The number of aromatic nitrogens is 1. The SMILES string of the molecule is [2H]C1([2H])c2cc(-c3ccc(C(=O)N4CCOCC4)cc3)cc(Cl)c2OC1CNC(=O)/C=C/c1ccc(N)nc1. The summed E-state index contributed by atoms with van der Waals surface area (Å²) in [5, 5.41) is 2.95. The molecular formula is C28H27ClN4O4. The average Bonchev–Trinajstić information content (AvgIpc) is 3.21. The first-order valence-corrected chi connectivity index (χ1v) is 12.3. The van der Waals surface area contributed by atoms with E-state index in [4.69, 9.17) is 29.5 Å². The Hall–Kier alpha value is -3.88. The zero-order valence-corrected chi connectivity index (χ0v) is 20.7. The van der Waals surface area contributed by atoms with Gasteiger partial charge in [0.25, 0.3) is 5.91 Å². The zero-order chi connectivity index (χ0) is 27.6. The number of rotatable bonds is 6. The second-order valence-electron chi connectivity index (χ2n) is 8.66. The lowest BCUT2D eigenvalue weighted by Gasteiger charge is -2.26. The number of pyridine rings is 1. The Morgan fingerprint density at radius 2 is 1.95 bits per heavy atom. The van der Waals surface area contributed by atoms with Crippen LogP contribution in [0.15, 0.2) is 60.8 Å². The molecule has 1 saturated heterocycles. The summed E-state index contributed by atoms with van der Waals surface area (Å²) in [6, 6.07) is 13.9. The van der Waals surface area contributed by atoms with Crippen molar-refractivity contribution in [3.05, 3.63) is 82.5 Å². The van der Waals surface area contributed by atoms with Gasteiger partial charge in [-0.15, -0.1) is 0 Å². The molecule has 2 amide bonds. The van der Waals surface area contributed by atoms with Crippen molar-refractivity contribution >= 4 is 35.3 Å². The van der Waals surface area contributed by atoms with E-state index in [1.807, 2.05) is 12.1 Å². The smallest absolute Gasteiger partial charge is 0.254 e. The maximum absolute atomic E-state index is 12.8. The van der Waals surface area contributed by atoms with Gasteiger partial charge >= 0.3 is 0 Å². The second kappa shape index (κ2) is 11.0. The summed E-state index contributed by atoms with van der Waals surface area (Å²) in [6.45, 7) is 2.13. The van der Waals surface area contributed by atoms with E-state index < -0.39 is 18.4 Å². The summed E-state index contributed by atoms with van der Waals surface area (Å²) in [6.07, 6.45) is 1.60. The van der Waals surface area contributed by atoms with Crippen LogP contribution in [-0.2, 0) is 15.9 Å². The molecule has 3 N–H and O–H groups in total. The van der Waals surface area contributed by atoms with Crippen molar-refractivity contribution in [2.75, 3.05) is 38.6 Å². The number of morpholine rings is 1. The molecule has 2 aliphatic rings. The van der Waals surface area contributed by atoms with Crippen LogP contribution in [0.3, 0.4) is 0 Å². The number of fused-ring (bicyclic) bond motifs is 1. The quantitative estimate of drug-likeness (QED) is 0.481. The highest BCUT2D eigenvalue weighted by atomic mass is 35.5. The fourth-order valence-corrected chi connectivity index (χ4v) is 4.38. The number of hydrogen-bond acceptors (Lipinski definition) is 6. The van der Waals surface area contributed by atoms with Gasteiger partial charge in [-0.1, -0.05) is 23.7 Å². The van der Waals surface area contributed by atoms with Crippen LogP contribution < -0.4 is 15.8 Å². The molecule has 2 aliphatic heterocycles. The van der Waals surface area contributed by atoms with Crippen molar-refractivity contribution in [1.29, 1.82) is 0 Å². The molecule has 3 aromatic rings. The molecule has 1 aromatic heterocycles. The van der Waals surface area contributed by atoms with E-state index in [1.165, 1.54) is 6.08 Å². The summed E-state index contributed by atoms with van der Waals surface area (Å²) < 4.78 is 28.6. The predicted molar refractivity (Wildman–Crippen MR) is 142 cm³/mol. The molecule has 190 valence electrons. The number of nitrogens with two attached hydrogens (primary N) is 1. The topological polar surface area (TPSA) is 107 Å². The van der Waals surface area contributed by atoms with Crippen LogP contribution in [-0.4, -0.2) is 60.7 Å². The lowest BCUT2D eigenvalue weighted by atomic mass is 9.99. The van der Waals surface area contributed by atoms with Gasteiger partial charge in [0.15, 0.2) is 0 Å². The second-order valence-corrected chi connectivity index (χ2v) is 9.07. The minimum Gasteiger partial charge on any atom is -0.486 e. The Kier molecular flexibility index (Phi) is 6.65. The van der Waals surface area contributed by atoms with Crippen molar-refractivity contribution in [3.63, 3.8) is 0 Å². The number of anilines is 1. The number of carbonyl (C=O) groups is 2.